The van der Waals surface area contributed by atoms with Gasteiger partial charge in [-0.1, -0.05) is 17.7 Å². The fraction of sp³-hybridized carbons (Fsp3) is 0.0625. The maximum absolute atomic E-state index is 11.9. The molecule has 0 aliphatic rings. The largest absolute Gasteiger partial charge is 0.323 e. The highest BCUT2D eigenvalue weighted by molar-refractivity contribution is 5.99. The summed E-state index contributed by atoms with van der Waals surface area (Å²) in [6.07, 6.45) is 0. The SMILES string of the molecule is Cc1ccc(NC(=O)Nc2ccc(C#N)c(C#N)c2)cc1. The molecule has 2 aromatic rings. The van der Waals surface area contributed by atoms with E-state index in [-0.39, 0.29) is 11.1 Å². The molecule has 0 aliphatic carbocycles. The van der Waals surface area contributed by atoms with Crippen LogP contribution < -0.4 is 10.6 Å². The van der Waals surface area contributed by atoms with Crippen LogP contribution >= 0.6 is 0 Å². The minimum atomic E-state index is -0.410. The van der Waals surface area contributed by atoms with Gasteiger partial charge in [0, 0.05) is 11.4 Å². The van der Waals surface area contributed by atoms with E-state index in [1.54, 1.807) is 18.2 Å². The molecule has 0 fully saturated rings. The van der Waals surface area contributed by atoms with Gasteiger partial charge in [0.2, 0.25) is 0 Å². The number of nitrogens with zero attached hydrogens (tertiary/aromatic N) is 2. The minimum absolute atomic E-state index is 0.227. The lowest BCUT2D eigenvalue weighted by Gasteiger charge is -2.08. The van der Waals surface area contributed by atoms with E-state index in [0.29, 0.717) is 11.4 Å². The number of amides is 2. The number of aryl methyl sites for hydroxylation is 1. The summed E-state index contributed by atoms with van der Waals surface area (Å²) in [4.78, 5) is 11.9. The van der Waals surface area contributed by atoms with Gasteiger partial charge in [0.25, 0.3) is 0 Å². The predicted molar refractivity (Wildman–Crippen MR) is 79.7 cm³/mol. The first kappa shape index (κ1) is 14.1. The molecule has 0 atom stereocenters. The highest BCUT2D eigenvalue weighted by Gasteiger charge is 2.06. The smallest absolute Gasteiger partial charge is 0.308 e. The Morgan fingerprint density at radius 1 is 0.905 bits per heavy atom. The van der Waals surface area contributed by atoms with Crippen molar-refractivity contribution < 1.29 is 4.79 Å². The molecule has 2 amide bonds. The molecule has 0 aromatic heterocycles. The number of nitriles is 2. The molecule has 0 heterocycles. The Bertz CT molecular complexity index is 751. The zero-order valence-electron chi connectivity index (χ0n) is 11.3. The van der Waals surface area contributed by atoms with Gasteiger partial charge in [-0.05, 0) is 37.3 Å². The van der Waals surface area contributed by atoms with Crippen LogP contribution in [0.15, 0.2) is 42.5 Å². The van der Waals surface area contributed by atoms with E-state index < -0.39 is 6.03 Å². The fourth-order valence-electron chi connectivity index (χ4n) is 1.74. The van der Waals surface area contributed by atoms with Crippen molar-refractivity contribution in [3.05, 3.63) is 59.2 Å². The van der Waals surface area contributed by atoms with Crippen molar-refractivity contribution in [2.45, 2.75) is 6.92 Å². The van der Waals surface area contributed by atoms with E-state index in [2.05, 4.69) is 10.6 Å². The molecule has 0 saturated heterocycles. The number of hydrogen-bond acceptors (Lipinski definition) is 3. The van der Waals surface area contributed by atoms with E-state index in [1.165, 1.54) is 12.1 Å². The summed E-state index contributed by atoms with van der Waals surface area (Å²) in [5, 5.41) is 23.1. The Morgan fingerprint density at radius 2 is 1.48 bits per heavy atom. The van der Waals surface area contributed by atoms with Gasteiger partial charge in [-0.25, -0.2) is 4.79 Å². The lowest BCUT2D eigenvalue weighted by atomic mass is 10.1. The summed E-state index contributed by atoms with van der Waals surface area (Å²) < 4.78 is 0. The third-order valence-electron chi connectivity index (χ3n) is 2.83. The molecule has 0 spiro atoms. The second-order valence-electron chi connectivity index (χ2n) is 4.43. The number of nitrogens with one attached hydrogen (secondary N) is 2. The van der Waals surface area contributed by atoms with Gasteiger partial charge >= 0.3 is 6.03 Å². The number of benzene rings is 2. The molecule has 2 rings (SSSR count). The van der Waals surface area contributed by atoms with Crippen LogP contribution in [-0.2, 0) is 0 Å². The number of carbonyl (C=O) groups is 1. The Kier molecular flexibility index (Phi) is 4.18. The normalized spacial score (nSPS) is 9.29. The first-order valence-corrected chi connectivity index (χ1v) is 6.21. The van der Waals surface area contributed by atoms with Gasteiger partial charge in [-0.2, -0.15) is 10.5 Å². The van der Waals surface area contributed by atoms with Crippen molar-refractivity contribution >= 4 is 17.4 Å². The molecule has 0 saturated carbocycles. The fourth-order valence-corrected chi connectivity index (χ4v) is 1.74. The van der Waals surface area contributed by atoms with E-state index in [0.717, 1.165) is 5.56 Å². The topological polar surface area (TPSA) is 88.7 Å². The molecule has 0 radical (unpaired) electrons. The first-order valence-electron chi connectivity index (χ1n) is 6.21. The Morgan fingerprint density at radius 3 is 2.10 bits per heavy atom. The lowest BCUT2D eigenvalue weighted by Crippen LogP contribution is -2.19. The number of hydrogen-bond donors (Lipinski definition) is 2. The van der Waals surface area contributed by atoms with E-state index in [1.807, 2.05) is 31.2 Å². The van der Waals surface area contributed by atoms with Crippen molar-refractivity contribution in [3.8, 4) is 12.1 Å². The van der Waals surface area contributed by atoms with Crippen LogP contribution in [0.3, 0.4) is 0 Å². The van der Waals surface area contributed by atoms with E-state index >= 15 is 0 Å². The Hall–Kier alpha value is -3.31. The summed E-state index contributed by atoms with van der Waals surface area (Å²) in [5.41, 5.74) is 2.74. The van der Waals surface area contributed by atoms with Gasteiger partial charge in [0.15, 0.2) is 0 Å². The number of carbonyl (C=O) groups excluding carboxylic acids is 1. The molecular formula is C16H12N4O. The van der Waals surface area contributed by atoms with Crippen molar-refractivity contribution in [3.63, 3.8) is 0 Å². The molecule has 102 valence electrons. The highest BCUT2D eigenvalue weighted by Crippen LogP contribution is 2.15. The van der Waals surface area contributed by atoms with E-state index in [9.17, 15) is 4.79 Å². The van der Waals surface area contributed by atoms with Crippen molar-refractivity contribution in [1.29, 1.82) is 10.5 Å². The third kappa shape index (κ3) is 3.59. The predicted octanol–water partition coefficient (Wildman–Crippen LogP) is 3.38. The summed E-state index contributed by atoms with van der Waals surface area (Å²) >= 11 is 0. The van der Waals surface area contributed by atoms with Gasteiger partial charge in [0.1, 0.15) is 12.1 Å². The average Bonchev–Trinajstić information content (AvgIpc) is 2.49. The maximum atomic E-state index is 11.9. The Labute approximate surface area is 122 Å². The van der Waals surface area contributed by atoms with Crippen molar-refractivity contribution in [1.82, 2.24) is 0 Å². The molecular weight excluding hydrogens is 264 g/mol. The van der Waals surface area contributed by atoms with Crippen LogP contribution in [0.2, 0.25) is 0 Å². The van der Waals surface area contributed by atoms with Gasteiger partial charge in [-0.3, -0.25) is 0 Å². The van der Waals surface area contributed by atoms with Crippen molar-refractivity contribution in [2.24, 2.45) is 0 Å². The summed E-state index contributed by atoms with van der Waals surface area (Å²) in [7, 11) is 0. The molecule has 0 bridgehead atoms. The lowest BCUT2D eigenvalue weighted by molar-refractivity contribution is 0.262. The first-order chi connectivity index (χ1) is 10.1. The number of anilines is 2. The monoisotopic (exact) mass is 276 g/mol. The van der Waals surface area contributed by atoms with E-state index in [4.69, 9.17) is 10.5 Å². The third-order valence-corrected chi connectivity index (χ3v) is 2.83. The van der Waals surface area contributed by atoms with Crippen LogP contribution in [-0.4, -0.2) is 6.03 Å². The number of urea groups is 1. The highest BCUT2D eigenvalue weighted by atomic mass is 16.2. The second-order valence-corrected chi connectivity index (χ2v) is 4.43. The summed E-state index contributed by atoms with van der Waals surface area (Å²) in [5.74, 6) is 0. The zero-order valence-corrected chi connectivity index (χ0v) is 11.3. The van der Waals surface area contributed by atoms with Crippen LogP contribution in [0, 0.1) is 29.6 Å². The molecule has 5 heteroatoms. The molecule has 2 N–H and O–H groups in total. The Balaban J connectivity index is 2.08. The van der Waals surface area contributed by atoms with Gasteiger partial charge in [0.05, 0.1) is 11.1 Å². The van der Waals surface area contributed by atoms with Crippen LogP contribution in [0.25, 0.3) is 0 Å². The van der Waals surface area contributed by atoms with Crippen molar-refractivity contribution in [2.75, 3.05) is 10.6 Å². The van der Waals surface area contributed by atoms with Crippen LogP contribution in [0.4, 0.5) is 16.2 Å². The van der Waals surface area contributed by atoms with Crippen LogP contribution in [0.5, 0.6) is 0 Å². The minimum Gasteiger partial charge on any atom is -0.308 e. The summed E-state index contributed by atoms with van der Waals surface area (Å²) in [6.45, 7) is 1.96. The average molecular weight is 276 g/mol. The van der Waals surface area contributed by atoms with Gasteiger partial charge < -0.3 is 10.6 Å². The van der Waals surface area contributed by atoms with Gasteiger partial charge in [-0.15, -0.1) is 0 Å². The quantitative estimate of drug-likeness (QED) is 0.881. The standard InChI is InChI=1S/C16H12N4O/c1-11-2-5-14(6-3-11)19-16(21)20-15-7-4-12(9-17)13(8-15)10-18/h2-8H,1H3,(H2,19,20,21). The molecule has 5 nitrogen and oxygen atoms in total. The zero-order chi connectivity index (χ0) is 15.2. The summed E-state index contributed by atoms with van der Waals surface area (Å²) in [6, 6.07) is 15.4. The number of rotatable bonds is 2. The molecule has 21 heavy (non-hydrogen) atoms. The second kappa shape index (κ2) is 6.23. The maximum Gasteiger partial charge on any atom is 0.323 e. The molecule has 0 aliphatic heterocycles. The molecule has 0 unspecified atom stereocenters. The molecule has 2 aromatic carbocycles. The van der Waals surface area contributed by atoms with Crippen LogP contribution in [0.1, 0.15) is 16.7 Å².